The van der Waals surface area contributed by atoms with Crippen molar-refractivity contribution in [3.05, 3.63) is 47.0 Å². The number of nitrogens with one attached hydrogen (secondary N) is 1. The third-order valence-corrected chi connectivity index (χ3v) is 5.33. The van der Waals surface area contributed by atoms with Gasteiger partial charge in [-0.1, -0.05) is 6.07 Å². The maximum absolute atomic E-state index is 13.0. The van der Waals surface area contributed by atoms with Gasteiger partial charge in [-0.2, -0.15) is 0 Å². The van der Waals surface area contributed by atoms with Crippen molar-refractivity contribution in [2.75, 3.05) is 5.73 Å². The van der Waals surface area contributed by atoms with Gasteiger partial charge in [-0.25, -0.2) is 9.97 Å². The number of amides is 1. The topological polar surface area (TPSA) is 114 Å². The van der Waals surface area contributed by atoms with E-state index in [1.165, 1.54) is 0 Å². The van der Waals surface area contributed by atoms with E-state index in [0.717, 1.165) is 42.6 Å². The summed E-state index contributed by atoms with van der Waals surface area (Å²) in [5.74, 6) is 0.0670. The van der Waals surface area contributed by atoms with Crippen LogP contribution in [-0.2, 0) is 12.8 Å². The number of aliphatic hydroxyl groups excluding tert-OH is 1. The number of pyridine rings is 1. The van der Waals surface area contributed by atoms with Gasteiger partial charge in [-0.3, -0.25) is 9.78 Å². The lowest BCUT2D eigenvalue weighted by molar-refractivity contribution is 0.0227. The van der Waals surface area contributed by atoms with E-state index in [1.807, 2.05) is 18.2 Å². The number of nitrogen functional groups attached to an aromatic ring is 1. The van der Waals surface area contributed by atoms with Gasteiger partial charge in [0.1, 0.15) is 5.69 Å². The second kappa shape index (κ2) is 6.99. The Morgan fingerprint density at radius 1 is 1.23 bits per heavy atom. The molecular weight excluding hydrogens is 330 g/mol. The van der Waals surface area contributed by atoms with E-state index in [-0.39, 0.29) is 29.9 Å². The number of nitrogens with two attached hydrogens (primary N) is 1. The molecule has 1 fully saturated rings. The first-order chi connectivity index (χ1) is 12.6. The highest BCUT2D eigenvalue weighted by atomic mass is 16.3. The second-order valence-electron chi connectivity index (χ2n) is 7.15. The number of nitrogens with zero attached hydrogens (tertiary/aromatic N) is 3. The Kier molecular flexibility index (Phi) is 4.55. The number of carbonyl (C=O) groups is 1. The first kappa shape index (κ1) is 16.9. The molecule has 4 rings (SSSR count). The molecular formula is C19H23N5O2. The van der Waals surface area contributed by atoms with Crippen molar-refractivity contribution >= 4 is 11.9 Å². The number of carbonyl (C=O) groups excluding carboxylic acids is 1. The fourth-order valence-corrected chi connectivity index (χ4v) is 3.91. The molecule has 4 N–H and O–H groups in total. The Morgan fingerprint density at radius 3 is 2.77 bits per heavy atom. The molecule has 2 heterocycles. The number of aryl methyl sites for hydroxylation is 1. The van der Waals surface area contributed by atoms with Crippen molar-refractivity contribution in [2.24, 2.45) is 5.92 Å². The number of fused-ring (bicyclic) bond motifs is 1. The molecule has 0 aliphatic heterocycles. The molecule has 2 aliphatic rings. The summed E-state index contributed by atoms with van der Waals surface area (Å²) in [6, 6.07) is 5.41. The summed E-state index contributed by atoms with van der Waals surface area (Å²) < 4.78 is 0. The fraction of sp³-hybridized carbons (Fsp3) is 0.474. The molecule has 0 bridgehead atoms. The molecule has 7 nitrogen and oxygen atoms in total. The van der Waals surface area contributed by atoms with E-state index < -0.39 is 0 Å². The van der Waals surface area contributed by atoms with Crippen molar-refractivity contribution in [2.45, 2.75) is 50.7 Å². The number of rotatable bonds is 4. The van der Waals surface area contributed by atoms with Gasteiger partial charge < -0.3 is 16.2 Å². The summed E-state index contributed by atoms with van der Waals surface area (Å²) in [5.41, 5.74) is 8.82. The van der Waals surface area contributed by atoms with Gasteiger partial charge in [-0.15, -0.1) is 0 Å². The van der Waals surface area contributed by atoms with Crippen LogP contribution < -0.4 is 11.1 Å². The lowest BCUT2D eigenvalue weighted by atomic mass is 9.76. The SMILES string of the molecule is Nc1nc2c(c(C(=O)N[C@@H](c3ccccn3)C3CC(O)C3)n1)CCCC2. The van der Waals surface area contributed by atoms with Crippen LogP contribution in [0, 0.1) is 5.92 Å². The normalized spacial score (nSPS) is 22.8. The number of aliphatic hydroxyl groups is 1. The summed E-state index contributed by atoms with van der Waals surface area (Å²) in [4.78, 5) is 26.0. The molecule has 136 valence electrons. The van der Waals surface area contributed by atoms with Gasteiger partial charge in [0.05, 0.1) is 17.8 Å². The molecule has 2 aromatic heterocycles. The molecule has 0 unspecified atom stereocenters. The Hall–Kier alpha value is -2.54. The van der Waals surface area contributed by atoms with Gasteiger partial charge >= 0.3 is 0 Å². The zero-order valence-electron chi connectivity index (χ0n) is 14.6. The molecule has 26 heavy (non-hydrogen) atoms. The van der Waals surface area contributed by atoms with Crippen LogP contribution in [0.4, 0.5) is 5.95 Å². The zero-order chi connectivity index (χ0) is 18.1. The van der Waals surface area contributed by atoms with Gasteiger partial charge in [0.15, 0.2) is 0 Å². The molecule has 7 heteroatoms. The average Bonchev–Trinajstić information content (AvgIpc) is 2.63. The van der Waals surface area contributed by atoms with Gasteiger partial charge in [0.25, 0.3) is 5.91 Å². The van der Waals surface area contributed by atoms with Crippen molar-refractivity contribution in [3.8, 4) is 0 Å². The van der Waals surface area contributed by atoms with Crippen molar-refractivity contribution in [3.63, 3.8) is 0 Å². The first-order valence-corrected chi connectivity index (χ1v) is 9.17. The summed E-state index contributed by atoms with van der Waals surface area (Å²) in [6.07, 6.45) is 6.45. The Balaban J connectivity index is 1.62. The Morgan fingerprint density at radius 2 is 2.04 bits per heavy atom. The summed E-state index contributed by atoms with van der Waals surface area (Å²) in [5, 5.41) is 12.8. The van der Waals surface area contributed by atoms with Gasteiger partial charge in [-0.05, 0) is 56.6 Å². The van der Waals surface area contributed by atoms with Crippen LogP contribution in [0.2, 0.25) is 0 Å². The number of hydrogen-bond donors (Lipinski definition) is 3. The fourth-order valence-electron chi connectivity index (χ4n) is 3.91. The van der Waals surface area contributed by atoms with Crippen LogP contribution in [0.1, 0.15) is 59.2 Å². The molecule has 0 radical (unpaired) electrons. The molecule has 2 aromatic rings. The largest absolute Gasteiger partial charge is 0.393 e. The lowest BCUT2D eigenvalue weighted by Crippen LogP contribution is -2.42. The van der Waals surface area contributed by atoms with Crippen molar-refractivity contribution in [1.29, 1.82) is 0 Å². The summed E-state index contributed by atoms with van der Waals surface area (Å²) in [6.45, 7) is 0. The predicted molar refractivity (Wildman–Crippen MR) is 96.3 cm³/mol. The van der Waals surface area contributed by atoms with Gasteiger partial charge in [0, 0.05) is 17.5 Å². The van der Waals surface area contributed by atoms with E-state index in [2.05, 4.69) is 20.3 Å². The first-order valence-electron chi connectivity index (χ1n) is 9.17. The maximum Gasteiger partial charge on any atom is 0.270 e. The minimum absolute atomic E-state index is 0.143. The van der Waals surface area contributed by atoms with E-state index in [0.29, 0.717) is 18.5 Å². The van der Waals surface area contributed by atoms with Crippen LogP contribution in [0.3, 0.4) is 0 Å². The van der Waals surface area contributed by atoms with Crippen LogP contribution in [0.25, 0.3) is 0 Å². The maximum atomic E-state index is 13.0. The molecule has 0 spiro atoms. The van der Waals surface area contributed by atoms with Crippen LogP contribution in [-0.4, -0.2) is 32.1 Å². The van der Waals surface area contributed by atoms with E-state index in [1.54, 1.807) is 6.20 Å². The highest BCUT2D eigenvalue weighted by Crippen LogP contribution is 2.37. The van der Waals surface area contributed by atoms with Crippen molar-refractivity contribution in [1.82, 2.24) is 20.3 Å². The molecule has 0 aromatic carbocycles. The van der Waals surface area contributed by atoms with Crippen molar-refractivity contribution < 1.29 is 9.90 Å². The smallest absolute Gasteiger partial charge is 0.270 e. The molecule has 0 saturated heterocycles. The molecule has 1 amide bonds. The number of aromatic nitrogens is 3. The third kappa shape index (κ3) is 3.26. The van der Waals surface area contributed by atoms with E-state index in [4.69, 9.17) is 5.73 Å². The molecule has 2 aliphatic carbocycles. The minimum atomic E-state index is -0.300. The third-order valence-electron chi connectivity index (χ3n) is 5.33. The highest BCUT2D eigenvalue weighted by Gasteiger charge is 2.37. The van der Waals surface area contributed by atoms with E-state index >= 15 is 0 Å². The number of anilines is 1. The Labute approximate surface area is 152 Å². The summed E-state index contributed by atoms with van der Waals surface area (Å²) >= 11 is 0. The van der Waals surface area contributed by atoms with Crippen LogP contribution in [0.5, 0.6) is 0 Å². The van der Waals surface area contributed by atoms with Crippen LogP contribution in [0.15, 0.2) is 24.4 Å². The van der Waals surface area contributed by atoms with Crippen LogP contribution >= 0.6 is 0 Å². The Bertz CT molecular complexity index is 805. The standard InChI is InChI=1S/C19H23N5O2/c20-19-22-14-6-2-1-5-13(14)17(24-19)18(26)23-16(11-9-12(25)10-11)15-7-3-4-8-21-15/h3-4,7-8,11-12,16,25H,1-2,5-6,9-10H2,(H,23,26)(H2,20,22,24)/t11?,12?,16-/m1/s1. The summed E-state index contributed by atoms with van der Waals surface area (Å²) in [7, 11) is 0. The number of hydrogen-bond acceptors (Lipinski definition) is 6. The monoisotopic (exact) mass is 353 g/mol. The zero-order valence-corrected chi connectivity index (χ0v) is 14.6. The lowest BCUT2D eigenvalue weighted by Gasteiger charge is -2.37. The predicted octanol–water partition coefficient (Wildman–Crippen LogP) is 1.57. The highest BCUT2D eigenvalue weighted by molar-refractivity contribution is 5.94. The average molecular weight is 353 g/mol. The molecule has 1 atom stereocenters. The van der Waals surface area contributed by atoms with Gasteiger partial charge in [0.2, 0.25) is 5.95 Å². The quantitative estimate of drug-likeness (QED) is 0.769. The van der Waals surface area contributed by atoms with E-state index in [9.17, 15) is 9.90 Å². The molecule has 1 saturated carbocycles. The second-order valence-corrected chi connectivity index (χ2v) is 7.15. The minimum Gasteiger partial charge on any atom is -0.393 e.